The van der Waals surface area contributed by atoms with E-state index in [0.29, 0.717) is 12.3 Å². The maximum absolute atomic E-state index is 11.5. The average Bonchev–Trinajstić information content (AvgIpc) is 2.46. The first-order chi connectivity index (χ1) is 9.90. The van der Waals surface area contributed by atoms with Crippen molar-refractivity contribution in [2.24, 2.45) is 0 Å². The smallest absolute Gasteiger partial charge is 0.326 e. The van der Waals surface area contributed by atoms with Crippen LogP contribution in [-0.2, 0) is 4.79 Å². The Morgan fingerprint density at radius 3 is 2.52 bits per heavy atom. The molecule has 5 heteroatoms. The number of aliphatic carboxylic acids is 1. The highest BCUT2D eigenvalue weighted by atomic mass is 16.4. The molecule has 1 fully saturated rings. The van der Waals surface area contributed by atoms with Crippen LogP contribution in [0.25, 0.3) is 0 Å². The molecule has 2 heterocycles. The van der Waals surface area contributed by atoms with Crippen LogP contribution < -0.4 is 4.90 Å². The molecule has 1 unspecified atom stereocenters. The van der Waals surface area contributed by atoms with E-state index in [4.69, 9.17) is 0 Å². The van der Waals surface area contributed by atoms with Gasteiger partial charge in [-0.2, -0.15) is 0 Å². The molecule has 0 aliphatic carbocycles. The van der Waals surface area contributed by atoms with E-state index in [1.165, 1.54) is 0 Å². The quantitative estimate of drug-likeness (QED) is 0.923. The van der Waals surface area contributed by atoms with Gasteiger partial charge in [-0.25, -0.2) is 14.8 Å². The number of piperidine rings is 1. The molecule has 1 N–H and O–H groups in total. The van der Waals surface area contributed by atoms with Gasteiger partial charge >= 0.3 is 5.97 Å². The monoisotopic (exact) mass is 291 g/mol. The minimum absolute atomic E-state index is 0.232. The summed E-state index contributed by atoms with van der Waals surface area (Å²) in [6.07, 6.45) is 2.67. The SMILES string of the molecule is CC(C)c1cc(N2CCCCC2C(=O)O)nc(C(C)C)n1. The van der Waals surface area contributed by atoms with E-state index in [-0.39, 0.29) is 5.92 Å². The summed E-state index contributed by atoms with van der Waals surface area (Å²) < 4.78 is 0. The van der Waals surface area contributed by atoms with Crippen molar-refractivity contribution in [2.45, 2.75) is 64.8 Å². The first-order valence-corrected chi connectivity index (χ1v) is 7.78. The molecule has 1 aliphatic rings. The van der Waals surface area contributed by atoms with Crippen molar-refractivity contribution >= 4 is 11.8 Å². The van der Waals surface area contributed by atoms with Gasteiger partial charge in [0.2, 0.25) is 0 Å². The summed E-state index contributed by atoms with van der Waals surface area (Å²) in [6.45, 7) is 9.08. The van der Waals surface area contributed by atoms with E-state index < -0.39 is 12.0 Å². The second-order valence-corrected chi connectivity index (χ2v) is 6.36. The molecule has 1 saturated heterocycles. The number of hydrogen-bond acceptors (Lipinski definition) is 4. The molecule has 21 heavy (non-hydrogen) atoms. The third kappa shape index (κ3) is 3.52. The van der Waals surface area contributed by atoms with Gasteiger partial charge in [-0.15, -0.1) is 0 Å². The zero-order valence-corrected chi connectivity index (χ0v) is 13.3. The number of hydrogen-bond donors (Lipinski definition) is 1. The van der Waals surface area contributed by atoms with Gasteiger partial charge in [-0.1, -0.05) is 27.7 Å². The van der Waals surface area contributed by atoms with Gasteiger partial charge in [0, 0.05) is 24.2 Å². The van der Waals surface area contributed by atoms with Gasteiger partial charge in [-0.05, 0) is 25.2 Å². The number of carbonyl (C=O) groups is 1. The zero-order chi connectivity index (χ0) is 15.6. The molecule has 0 saturated carbocycles. The van der Waals surface area contributed by atoms with Gasteiger partial charge in [0.05, 0.1) is 0 Å². The second kappa shape index (κ2) is 6.41. The summed E-state index contributed by atoms with van der Waals surface area (Å²) in [7, 11) is 0. The number of carboxylic acids is 1. The predicted octanol–water partition coefficient (Wildman–Crippen LogP) is 3.17. The number of aromatic nitrogens is 2. The Hall–Kier alpha value is -1.65. The molecule has 5 nitrogen and oxygen atoms in total. The summed E-state index contributed by atoms with van der Waals surface area (Å²) in [5, 5.41) is 9.44. The van der Waals surface area contributed by atoms with Gasteiger partial charge in [-0.3, -0.25) is 0 Å². The van der Waals surface area contributed by atoms with Crippen LogP contribution >= 0.6 is 0 Å². The third-order valence-electron chi connectivity index (χ3n) is 3.94. The molecule has 2 rings (SSSR count). The number of anilines is 1. The average molecular weight is 291 g/mol. The Morgan fingerprint density at radius 1 is 1.24 bits per heavy atom. The Balaban J connectivity index is 2.43. The molecule has 1 aromatic rings. The topological polar surface area (TPSA) is 66.3 Å². The summed E-state index contributed by atoms with van der Waals surface area (Å²) in [6, 6.07) is 1.49. The van der Waals surface area contributed by atoms with Crippen LogP contribution in [0.4, 0.5) is 5.82 Å². The molecule has 0 radical (unpaired) electrons. The minimum atomic E-state index is -0.759. The standard InChI is InChI=1S/C16H25N3O2/c1-10(2)12-9-14(18-15(17-12)11(3)4)19-8-6-5-7-13(19)16(20)21/h9-11,13H,5-8H2,1-4H3,(H,20,21). The lowest BCUT2D eigenvalue weighted by Gasteiger charge is -2.34. The number of nitrogens with zero attached hydrogens (tertiary/aromatic N) is 3. The van der Waals surface area contributed by atoms with E-state index in [1.54, 1.807) is 0 Å². The molecule has 0 spiro atoms. The van der Waals surface area contributed by atoms with E-state index in [0.717, 1.165) is 36.7 Å². The fourth-order valence-corrected chi connectivity index (χ4v) is 2.64. The molecule has 1 atom stereocenters. The summed E-state index contributed by atoms with van der Waals surface area (Å²) in [5.41, 5.74) is 0.985. The van der Waals surface area contributed by atoms with Crippen molar-refractivity contribution in [3.8, 4) is 0 Å². The summed E-state index contributed by atoms with van der Waals surface area (Å²) >= 11 is 0. The second-order valence-electron chi connectivity index (χ2n) is 6.36. The lowest BCUT2D eigenvalue weighted by Crippen LogP contribution is -2.45. The molecule has 0 aromatic carbocycles. The Kier molecular flexibility index (Phi) is 4.80. The fraction of sp³-hybridized carbons (Fsp3) is 0.688. The summed E-state index contributed by atoms with van der Waals surface area (Å²) in [4.78, 5) is 22.7. The molecule has 1 aliphatic heterocycles. The van der Waals surface area contributed by atoms with Crippen molar-refractivity contribution in [3.63, 3.8) is 0 Å². The van der Waals surface area contributed by atoms with Crippen LogP contribution in [-0.4, -0.2) is 33.6 Å². The lowest BCUT2D eigenvalue weighted by molar-refractivity contribution is -0.139. The molecule has 1 aromatic heterocycles. The van der Waals surface area contributed by atoms with Crippen molar-refractivity contribution in [3.05, 3.63) is 17.6 Å². The van der Waals surface area contributed by atoms with Gasteiger partial charge in [0.15, 0.2) is 0 Å². The van der Waals surface area contributed by atoms with Crippen LogP contribution in [0.5, 0.6) is 0 Å². The molecule has 0 bridgehead atoms. The van der Waals surface area contributed by atoms with Crippen LogP contribution in [0.15, 0.2) is 6.07 Å². The van der Waals surface area contributed by atoms with Crippen LogP contribution in [0, 0.1) is 0 Å². The van der Waals surface area contributed by atoms with Crippen molar-refractivity contribution < 1.29 is 9.90 Å². The highest BCUT2D eigenvalue weighted by Gasteiger charge is 2.30. The highest BCUT2D eigenvalue weighted by molar-refractivity contribution is 5.78. The zero-order valence-electron chi connectivity index (χ0n) is 13.3. The maximum Gasteiger partial charge on any atom is 0.326 e. The predicted molar refractivity (Wildman–Crippen MR) is 82.8 cm³/mol. The molecular formula is C16H25N3O2. The van der Waals surface area contributed by atoms with Crippen molar-refractivity contribution in [1.29, 1.82) is 0 Å². The molecule has 116 valence electrons. The van der Waals surface area contributed by atoms with Crippen LogP contribution in [0.2, 0.25) is 0 Å². The third-order valence-corrected chi connectivity index (χ3v) is 3.94. The Morgan fingerprint density at radius 2 is 1.95 bits per heavy atom. The first-order valence-electron chi connectivity index (χ1n) is 7.78. The molecular weight excluding hydrogens is 266 g/mol. The van der Waals surface area contributed by atoms with Crippen LogP contribution in [0.1, 0.15) is 70.3 Å². The van der Waals surface area contributed by atoms with Gasteiger partial charge < -0.3 is 10.0 Å². The van der Waals surface area contributed by atoms with E-state index >= 15 is 0 Å². The normalized spacial score (nSPS) is 19.3. The minimum Gasteiger partial charge on any atom is -0.480 e. The molecule has 0 amide bonds. The summed E-state index contributed by atoms with van der Waals surface area (Å²) in [5.74, 6) is 1.34. The van der Waals surface area contributed by atoms with E-state index in [9.17, 15) is 9.90 Å². The Labute approximate surface area is 126 Å². The fourth-order valence-electron chi connectivity index (χ4n) is 2.64. The van der Waals surface area contributed by atoms with Gasteiger partial charge in [0.25, 0.3) is 0 Å². The Bertz CT molecular complexity index is 488. The number of carboxylic acid groups (broad SMARTS) is 1. The first kappa shape index (κ1) is 15.7. The van der Waals surface area contributed by atoms with Gasteiger partial charge in [0.1, 0.15) is 17.7 Å². The maximum atomic E-state index is 11.5. The van der Waals surface area contributed by atoms with Crippen molar-refractivity contribution in [2.75, 3.05) is 11.4 Å². The number of rotatable bonds is 4. The highest BCUT2D eigenvalue weighted by Crippen LogP contribution is 2.27. The van der Waals surface area contributed by atoms with E-state index in [1.807, 2.05) is 11.0 Å². The van der Waals surface area contributed by atoms with Crippen molar-refractivity contribution in [1.82, 2.24) is 9.97 Å². The lowest BCUT2D eigenvalue weighted by atomic mass is 10.0. The van der Waals surface area contributed by atoms with E-state index in [2.05, 4.69) is 37.7 Å². The van der Waals surface area contributed by atoms with Crippen LogP contribution in [0.3, 0.4) is 0 Å². The largest absolute Gasteiger partial charge is 0.480 e.